The van der Waals surface area contributed by atoms with Crippen LogP contribution in [-0.4, -0.2) is 50.7 Å². The quantitative estimate of drug-likeness (QED) is 0.553. The number of anilines is 1. The van der Waals surface area contributed by atoms with E-state index in [2.05, 4.69) is 46.3 Å². The normalized spacial score (nSPS) is 17.5. The molecule has 1 aromatic carbocycles. The van der Waals surface area contributed by atoms with Crippen molar-refractivity contribution in [3.8, 4) is 0 Å². The van der Waals surface area contributed by atoms with Gasteiger partial charge in [0.15, 0.2) is 5.65 Å². The number of aromatic nitrogens is 5. The monoisotopic (exact) mass is 387 g/mol. The van der Waals surface area contributed by atoms with E-state index in [-0.39, 0.29) is 0 Å². The first kappa shape index (κ1) is 17.0. The standard InChI is InChI=1S/C22H25N7/c1-13-9-14(2)20-18(10-13)26-21(27-20)15-11-28(12-15)22-16-3-6-23-7-4-17(16)25-19-5-8-24-29(19)22/h5,8-10,15,23H,3-4,6-7,11-12H2,1-2H3,(H,26,27). The minimum Gasteiger partial charge on any atom is -0.355 e. The van der Waals surface area contributed by atoms with Crippen LogP contribution in [0.25, 0.3) is 16.7 Å². The fraction of sp³-hybridized carbons (Fsp3) is 0.409. The zero-order valence-electron chi connectivity index (χ0n) is 16.9. The molecule has 0 atom stereocenters. The Labute approximate surface area is 169 Å². The molecule has 0 spiro atoms. The van der Waals surface area contributed by atoms with Gasteiger partial charge in [0.1, 0.15) is 11.6 Å². The predicted octanol–water partition coefficient (Wildman–Crippen LogP) is 2.51. The number of H-pyrrole nitrogens is 1. The Morgan fingerprint density at radius 3 is 2.83 bits per heavy atom. The summed E-state index contributed by atoms with van der Waals surface area (Å²) in [5.74, 6) is 2.74. The highest BCUT2D eigenvalue weighted by Crippen LogP contribution is 2.35. The molecule has 5 heterocycles. The van der Waals surface area contributed by atoms with Gasteiger partial charge in [0.2, 0.25) is 0 Å². The molecule has 29 heavy (non-hydrogen) atoms. The summed E-state index contributed by atoms with van der Waals surface area (Å²) >= 11 is 0. The van der Waals surface area contributed by atoms with E-state index in [0.29, 0.717) is 5.92 Å². The molecular formula is C22H25N7. The van der Waals surface area contributed by atoms with E-state index in [4.69, 9.17) is 9.97 Å². The third-order valence-corrected chi connectivity index (χ3v) is 6.29. The van der Waals surface area contributed by atoms with Gasteiger partial charge in [0.05, 0.1) is 28.8 Å². The number of benzene rings is 1. The van der Waals surface area contributed by atoms with E-state index < -0.39 is 0 Å². The van der Waals surface area contributed by atoms with Crippen LogP contribution >= 0.6 is 0 Å². The van der Waals surface area contributed by atoms with Crippen LogP contribution in [0.5, 0.6) is 0 Å². The number of nitrogens with one attached hydrogen (secondary N) is 2. The minimum absolute atomic E-state index is 0.417. The summed E-state index contributed by atoms with van der Waals surface area (Å²) in [6.07, 6.45) is 3.83. The molecule has 0 aliphatic carbocycles. The van der Waals surface area contributed by atoms with Gasteiger partial charge in [-0.3, -0.25) is 0 Å². The Hall–Kier alpha value is -2.93. The minimum atomic E-state index is 0.417. The average Bonchev–Trinajstić information content (AvgIpc) is 3.21. The number of aromatic amines is 1. The highest BCUT2D eigenvalue weighted by molar-refractivity contribution is 5.79. The van der Waals surface area contributed by atoms with Gasteiger partial charge in [-0.15, -0.1) is 0 Å². The van der Waals surface area contributed by atoms with Crippen LogP contribution in [0.2, 0.25) is 0 Å². The number of hydrogen-bond acceptors (Lipinski definition) is 5. The Morgan fingerprint density at radius 2 is 1.93 bits per heavy atom. The second kappa shape index (κ2) is 6.29. The lowest BCUT2D eigenvalue weighted by atomic mass is 9.97. The summed E-state index contributed by atoms with van der Waals surface area (Å²) in [5.41, 5.74) is 8.27. The predicted molar refractivity (Wildman–Crippen MR) is 114 cm³/mol. The van der Waals surface area contributed by atoms with Crippen LogP contribution in [0.3, 0.4) is 0 Å². The van der Waals surface area contributed by atoms with Gasteiger partial charge in [0, 0.05) is 37.7 Å². The molecule has 2 aliphatic heterocycles. The first-order chi connectivity index (χ1) is 14.2. The molecule has 0 saturated carbocycles. The fourth-order valence-electron chi connectivity index (χ4n) is 4.85. The molecule has 7 nitrogen and oxygen atoms in total. The summed E-state index contributed by atoms with van der Waals surface area (Å²) in [6, 6.07) is 6.40. The average molecular weight is 387 g/mol. The molecule has 6 rings (SSSR count). The third-order valence-electron chi connectivity index (χ3n) is 6.29. The fourth-order valence-corrected chi connectivity index (χ4v) is 4.85. The number of hydrogen-bond donors (Lipinski definition) is 2. The Bertz CT molecular complexity index is 1230. The lowest BCUT2D eigenvalue weighted by Crippen LogP contribution is -2.47. The van der Waals surface area contributed by atoms with E-state index in [0.717, 1.165) is 61.5 Å². The van der Waals surface area contributed by atoms with Crippen LogP contribution in [0.4, 0.5) is 5.82 Å². The molecule has 2 N–H and O–H groups in total. The zero-order chi connectivity index (χ0) is 19.5. The largest absolute Gasteiger partial charge is 0.355 e. The van der Waals surface area contributed by atoms with E-state index in [9.17, 15) is 0 Å². The third kappa shape index (κ3) is 2.64. The molecule has 148 valence electrons. The number of imidazole rings is 1. The van der Waals surface area contributed by atoms with Crippen LogP contribution in [0, 0.1) is 13.8 Å². The molecule has 4 aromatic rings. The Morgan fingerprint density at radius 1 is 1.07 bits per heavy atom. The number of aryl methyl sites for hydroxylation is 2. The molecule has 1 saturated heterocycles. The summed E-state index contributed by atoms with van der Waals surface area (Å²) in [4.78, 5) is 15.8. The van der Waals surface area contributed by atoms with Gasteiger partial charge in [-0.05, 0) is 44.0 Å². The van der Waals surface area contributed by atoms with Crippen LogP contribution in [0.1, 0.15) is 34.1 Å². The van der Waals surface area contributed by atoms with Gasteiger partial charge in [-0.25, -0.2) is 9.97 Å². The van der Waals surface area contributed by atoms with Crippen molar-refractivity contribution in [1.29, 1.82) is 0 Å². The number of nitrogens with zero attached hydrogens (tertiary/aromatic N) is 5. The highest BCUT2D eigenvalue weighted by atomic mass is 15.4. The van der Waals surface area contributed by atoms with Crippen molar-refractivity contribution in [2.75, 3.05) is 31.1 Å². The van der Waals surface area contributed by atoms with Crippen LogP contribution in [-0.2, 0) is 12.8 Å². The molecule has 0 radical (unpaired) electrons. The molecule has 0 bridgehead atoms. The zero-order valence-corrected chi connectivity index (χ0v) is 16.9. The maximum absolute atomic E-state index is 4.93. The molecule has 0 unspecified atom stereocenters. The highest BCUT2D eigenvalue weighted by Gasteiger charge is 2.34. The topological polar surface area (TPSA) is 74.1 Å². The number of fused-ring (bicyclic) bond motifs is 3. The van der Waals surface area contributed by atoms with Crippen molar-refractivity contribution in [3.05, 3.63) is 52.6 Å². The second-order valence-corrected chi connectivity index (χ2v) is 8.41. The molecule has 7 heteroatoms. The Kier molecular flexibility index (Phi) is 3.68. The van der Waals surface area contributed by atoms with Gasteiger partial charge < -0.3 is 15.2 Å². The van der Waals surface area contributed by atoms with Gasteiger partial charge in [0.25, 0.3) is 0 Å². The lowest BCUT2D eigenvalue weighted by Gasteiger charge is -2.41. The van der Waals surface area contributed by atoms with Crippen LogP contribution in [0.15, 0.2) is 24.4 Å². The molecule has 3 aromatic heterocycles. The molecule has 0 amide bonds. The molecule has 2 aliphatic rings. The molecule has 1 fully saturated rings. The maximum Gasteiger partial charge on any atom is 0.157 e. The second-order valence-electron chi connectivity index (χ2n) is 8.41. The summed E-state index contributed by atoms with van der Waals surface area (Å²) in [7, 11) is 0. The summed E-state index contributed by atoms with van der Waals surface area (Å²) in [6.45, 7) is 8.17. The van der Waals surface area contributed by atoms with Crippen molar-refractivity contribution in [1.82, 2.24) is 29.9 Å². The van der Waals surface area contributed by atoms with Crippen molar-refractivity contribution in [2.24, 2.45) is 0 Å². The maximum atomic E-state index is 4.93. The van der Waals surface area contributed by atoms with Crippen molar-refractivity contribution < 1.29 is 0 Å². The van der Waals surface area contributed by atoms with Crippen molar-refractivity contribution in [2.45, 2.75) is 32.6 Å². The van der Waals surface area contributed by atoms with Crippen molar-refractivity contribution in [3.63, 3.8) is 0 Å². The van der Waals surface area contributed by atoms with Gasteiger partial charge >= 0.3 is 0 Å². The molecular weight excluding hydrogens is 362 g/mol. The first-order valence-corrected chi connectivity index (χ1v) is 10.5. The SMILES string of the molecule is Cc1cc(C)c2nc(C3CN(c4c5c(nc6ccnn46)CCNCC5)C3)[nH]c2c1. The summed E-state index contributed by atoms with van der Waals surface area (Å²) < 4.78 is 2.02. The first-order valence-electron chi connectivity index (χ1n) is 10.5. The van der Waals surface area contributed by atoms with E-state index in [1.165, 1.54) is 28.2 Å². The smallest absolute Gasteiger partial charge is 0.157 e. The lowest BCUT2D eigenvalue weighted by molar-refractivity contribution is 0.494. The van der Waals surface area contributed by atoms with Gasteiger partial charge in [-0.2, -0.15) is 9.61 Å². The van der Waals surface area contributed by atoms with E-state index in [1.54, 1.807) is 0 Å². The van der Waals surface area contributed by atoms with E-state index in [1.807, 2.05) is 16.8 Å². The Balaban J connectivity index is 1.35. The van der Waals surface area contributed by atoms with Crippen molar-refractivity contribution >= 4 is 22.5 Å². The summed E-state index contributed by atoms with van der Waals surface area (Å²) in [5, 5.41) is 8.08. The van der Waals surface area contributed by atoms with Gasteiger partial charge in [-0.1, -0.05) is 6.07 Å². The van der Waals surface area contributed by atoms with E-state index >= 15 is 0 Å². The van der Waals surface area contributed by atoms with Crippen LogP contribution < -0.4 is 10.2 Å². The number of rotatable bonds is 2.